The summed E-state index contributed by atoms with van der Waals surface area (Å²) in [6.07, 6.45) is 0.461. The van der Waals surface area contributed by atoms with Crippen molar-refractivity contribution in [1.82, 2.24) is 0 Å². The second kappa shape index (κ2) is 3.61. The highest BCUT2D eigenvalue weighted by atomic mass is 35.5. The van der Waals surface area contributed by atoms with Gasteiger partial charge in [-0.1, -0.05) is 29.8 Å². The fraction of sp³-hybridized carbons (Fsp3) is 0.0833. The molecule has 1 aliphatic rings. The first kappa shape index (κ1) is 9.87. The Morgan fingerprint density at radius 1 is 1.19 bits per heavy atom. The summed E-state index contributed by atoms with van der Waals surface area (Å²) in [6.45, 7) is 0. The summed E-state index contributed by atoms with van der Waals surface area (Å²) in [7, 11) is 0. The van der Waals surface area contributed by atoms with Crippen LogP contribution < -0.4 is 4.90 Å². The average molecular weight is 250 g/mol. The molecule has 0 unspecified atom stereocenters. The summed E-state index contributed by atoms with van der Waals surface area (Å²) >= 11 is 7.52. The highest BCUT2D eigenvalue weighted by Crippen LogP contribution is 2.40. The Kier molecular flexibility index (Phi) is 2.23. The summed E-state index contributed by atoms with van der Waals surface area (Å²) in [5.74, 6) is 0.0847. The van der Waals surface area contributed by atoms with Crippen LogP contribution in [0.5, 0.6) is 0 Å². The number of halogens is 1. The molecule has 16 heavy (non-hydrogen) atoms. The molecule has 0 atom stereocenters. The van der Waals surface area contributed by atoms with E-state index in [2.05, 4.69) is 0 Å². The van der Waals surface area contributed by atoms with Crippen LogP contribution in [0.25, 0.3) is 0 Å². The zero-order valence-corrected chi connectivity index (χ0v) is 9.89. The zero-order chi connectivity index (χ0) is 11.1. The Balaban J connectivity index is 2.16. The van der Waals surface area contributed by atoms with Gasteiger partial charge < -0.3 is 0 Å². The molecule has 0 saturated carbocycles. The van der Waals surface area contributed by atoms with E-state index in [-0.39, 0.29) is 5.91 Å². The summed E-state index contributed by atoms with van der Waals surface area (Å²) in [6, 6.07) is 9.70. The molecule has 0 fully saturated rings. The molecule has 0 bridgehead atoms. The Morgan fingerprint density at radius 3 is 2.75 bits per heavy atom. The minimum atomic E-state index is 0.0847. The number of benzene rings is 1. The van der Waals surface area contributed by atoms with Crippen molar-refractivity contribution in [1.29, 1.82) is 0 Å². The summed E-state index contributed by atoms with van der Waals surface area (Å²) < 4.78 is 0.657. The quantitative estimate of drug-likeness (QED) is 0.756. The predicted octanol–water partition coefficient (Wildman–Crippen LogP) is 3.62. The van der Waals surface area contributed by atoms with Crippen LogP contribution in [-0.4, -0.2) is 5.91 Å². The summed E-state index contributed by atoms with van der Waals surface area (Å²) in [5.41, 5.74) is 2.81. The van der Waals surface area contributed by atoms with E-state index < -0.39 is 0 Å². The molecule has 1 amide bonds. The van der Waals surface area contributed by atoms with Crippen molar-refractivity contribution >= 4 is 40.2 Å². The number of para-hydroxylation sites is 1. The highest BCUT2D eigenvalue weighted by molar-refractivity contribution is 7.15. The topological polar surface area (TPSA) is 20.3 Å². The second-order valence-electron chi connectivity index (χ2n) is 3.61. The van der Waals surface area contributed by atoms with Gasteiger partial charge in [-0.05, 0) is 23.1 Å². The minimum Gasteiger partial charge on any atom is -0.278 e. The van der Waals surface area contributed by atoms with Crippen molar-refractivity contribution in [3.05, 3.63) is 45.6 Å². The third-order valence-corrected chi connectivity index (χ3v) is 3.81. The molecule has 1 aromatic carbocycles. The van der Waals surface area contributed by atoms with Crippen LogP contribution in [0, 0.1) is 0 Å². The van der Waals surface area contributed by atoms with Gasteiger partial charge in [0.15, 0.2) is 0 Å². The molecule has 80 valence electrons. The number of fused-ring (bicyclic) bond motifs is 1. The fourth-order valence-corrected chi connectivity index (χ4v) is 2.86. The first-order chi connectivity index (χ1) is 7.77. The monoisotopic (exact) mass is 249 g/mol. The largest absolute Gasteiger partial charge is 0.278 e. The number of nitrogens with zero attached hydrogens (tertiary/aromatic N) is 1. The maximum atomic E-state index is 12.0. The van der Waals surface area contributed by atoms with Gasteiger partial charge >= 0.3 is 0 Å². The zero-order valence-electron chi connectivity index (χ0n) is 8.31. The van der Waals surface area contributed by atoms with Crippen LogP contribution in [0.2, 0.25) is 4.34 Å². The van der Waals surface area contributed by atoms with Crippen molar-refractivity contribution in [3.8, 4) is 0 Å². The number of thiophene rings is 1. The van der Waals surface area contributed by atoms with Crippen LogP contribution in [0.15, 0.2) is 35.7 Å². The van der Waals surface area contributed by atoms with Crippen LogP contribution in [0.4, 0.5) is 11.4 Å². The maximum Gasteiger partial charge on any atom is 0.236 e. The Hall–Kier alpha value is -1.32. The molecule has 1 aromatic heterocycles. The summed E-state index contributed by atoms with van der Waals surface area (Å²) in [5, 5.41) is 1.89. The van der Waals surface area contributed by atoms with Crippen molar-refractivity contribution in [2.24, 2.45) is 0 Å². The lowest BCUT2D eigenvalue weighted by atomic mass is 10.2. The lowest BCUT2D eigenvalue weighted by molar-refractivity contribution is -0.116. The molecule has 0 aliphatic carbocycles. The number of carbonyl (C=O) groups excluding carboxylic acids is 1. The highest BCUT2D eigenvalue weighted by Gasteiger charge is 2.29. The molecule has 3 rings (SSSR count). The molecule has 1 aliphatic heterocycles. The van der Waals surface area contributed by atoms with E-state index in [1.807, 2.05) is 35.7 Å². The molecule has 0 N–H and O–H groups in total. The van der Waals surface area contributed by atoms with Crippen molar-refractivity contribution in [2.45, 2.75) is 6.42 Å². The van der Waals surface area contributed by atoms with Gasteiger partial charge in [-0.2, -0.15) is 0 Å². The van der Waals surface area contributed by atoms with Gasteiger partial charge in [-0.15, -0.1) is 11.3 Å². The van der Waals surface area contributed by atoms with Gasteiger partial charge in [0.25, 0.3) is 0 Å². The third-order valence-electron chi connectivity index (χ3n) is 2.66. The number of hydrogen-bond acceptors (Lipinski definition) is 2. The molecule has 0 radical (unpaired) electrons. The predicted molar refractivity (Wildman–Crippen MR) is 66.6 cm³/mol. The molecule has 0 saturated heterocycles. The SMILES string of the molecule is O=C1Cc2ccccc2N1c1ccsc1Cl. The number of rotatable bonds is 1. The molecular weight excluding hydrogens is 242 g/mol. The smallest absolute Gasteiger partial charge is 0.236 e. The molecule has 0 spiro atoms. The van der Waals surface area contributed by atoms with Gasteiger partial charge in [0.2, 0.25) is 5.91 Å². The Bertz CT molecular complexity index is 564. The number of carbonyl (C=O) groups is 1. The van der Waals surface area contributed by atoms with Crippen LogP contribution in [-0.2, 0) is 11.2 Å². The van der Waals surface area contributed by atoms with Gasteiger partial charge in [0, 0.05) is 0 Å². The van der Waals surface area contributed by atoms with E-state index in [1.54, 1.807) is 4.90 Å². The van der Waals surface area contributed by atoms with E-state index in [1.165, 1.54) is 11.3 Å². The Labute approximate surface area is 102 Å². The van der Waals surface area contributed by atoms with Crippen molar-refractivity contribution < 1.29 is 4.79 Å². The van der Waals surface area contributed by atoms with Gasteiger partial charge in [-0.3, -0.25) is 9.69 Å². The van der Waals surface area contributed by atoms with Gasteiger partial charge in [-0.25, -0.2) is 0 Å². The van der Waals surface area contributed by atoms with Crippen LogP contribution in [0.1, 0.15) is 5.56 Å². The van der Waals surface area contributed by atoms with E-state index in [9.17, 15) is 4.79 Å². The number of amides is 1. The van der Waals surface area contributed by atoms with E-state index >= 15 is 0 Å². The van der Waals surface area contributed by atoms with Gasteiger partial charge in [0.05, 0.1) is 17.8 Å². The molecule has 4 heteroatoms. The number of hydrogen-bond donors (Lipinski definition) is 0. The van der Waals surface area contributed by atoms with Crippen LogP contribution >= 0.6 is 22.9 Å². The number of anilines is 2. The second-order valence-corrected chi connectivity index (χ2v) is 5.13. The molecule has 2 heterocycles. The third kappa shape index (κ3) is 1.36. The summed E-state index contributed by atoms with van der Waals surface area (Å²) in [4.78, 5) is 13.7. The molecule has 2 aromatic rings. The van der Waals surface area contributed by atoms with Crippen molar-refractivity contribution in [3.63, 3.8) is 0 Å². The van der Waals surface area contributed by atoms with Crippen molar-refractivity contribution in [2.75, 3.05) is 4.90 Å². The molecular formula is C12H8ClNOS. The fourth-order valence-electron chi connectivity index (χ4n) is 1.97. The minimum absolute atomic E-state index is 0.0847. The van der Waals surface area contributed by atoms with E-state index in [4.69, 9.17) is 11.6 Å². The van der Waals surface area contributed by atoms with Crippen LogP contribution in [0.3, 0.4) is 0 Å². The van der Waals surface area contributed by atoms with E-state index in [0.717, 1.165) is 16.9 Å². The normalized spacial score (nSPS) is 14.3. The standard InChI is InChI=1S/C12H8ClNOS/c13-12-10(5-6-16-12)14-9-4-2-1-3-8(9)7-11(14)15/h1-6H,7H2. The van der Waals surface area contributed by atoms with Gasteiger partial charge in [0.1, 0.15) is 4.34 Å². The maximum absolute atomic E-state index is 12.0. The molecule has 2 nitrogen and oxygen atoms in total. The average Bonchev–Trinajstić information content (AvgIpc) is 2.81. The van der Waals surface area contributed by atoms with E-state index in [0.29, 0.717) is 10.8 Å². The lowest BCUT2D eigenvalue weighted by Gasteiger charge is -2.16. The first-order valence-corrected chi connectivity index (χ1v) is 6.17. The first-order valence-electron chi connectivity index (χ1n) is 4.91. The Morgan fingerprint density at radius 2 is 2.00 bits per heavy atom. The lowest BCUT2D eigenvalue weighted by Crippen LogP contribution is -2.20.